The Kier molecular flexibility index (Phi) is 4.87. The number of hydrogen-bond donors (Lipinski definition) is 1. The number of hydrogen-bond acceptors (Lipinski definition) is 3. The SMILES string of the molecule is CSC(=Nc1cc(Cl)c(F)c(Cl)c1)NC#N. The van der Waals surface area contributed by atoms with Crippen molar-refractivity contribution in [1.82, 2.24) is 5.32 Å². The van der Waals surface area contributed by atoms with Crippen LogP contribution in [0.3, 0.4) is 0 Å². The topological polar surface area (TPSA) is 48.2 Å². The molecule has 0 amide bonds. The van der Waals surface area contributed by atoms with E-state index in [1.54, 1.807) is 12.4 Å². The van der Waals surface area contributed by atoms with Gasteiger partial charge in [0.1, 0.15) is 0 Å². The van der Waals surface area contributed by atoms with Crippen LogP contribution in [-0.2, 0) is 0 Å². The molecule has 0 atom stereocenters. The molecule has 0 aliphatic rings. The van der Waals surface area contributed by atoms with E-state index >= 15 is 0 Å². The predicted molar refractivity (Wildman–Crippen MR) is 65.8 cm³/mol. The van der Waals surface area contributed by atoms with Crippen molar-refractivity contribution < 1.29 is 4.39 Å². The zero-order chi connectivity index (χ0) is 12.1. The van der Waals surface area contributed by atoms with Gasteiger partial charge in [0.25, 0.3) is 0 Å². The lowest BCUT2D eigenvalue weighted by molar-refractivity contribution is 0.629. The number of nitrogens with one attached hydrogen (secondary N) is 1. The first kappa shape index (κ1) is 13.1. The Labute approximate surface area is 106 Å². The summed E-state index contributed by atoms with van der Waals surface area (Å²) < 4.78 is 13.1. The summed E-state index contributed by atoms with van der Waals surface area (Å²) in [6.07, 6.45) is 3.48. The van der Waals surface area contributed by atoms with Gasteiger partial charge in [-0.2, -0.15) is 5.26 Å². The second-order valence-electron chi connectivity index (χ2n) is 2.58. The van der Waals surface area contributed by atoms with E-state index in [-0.39, 0.29) is 10.0 Å². The highest BCUT2D eigenvalue weighted by Gasteiger charge is 2.07. The fraction of sp³-hybridized carbons (Fsp3) is 0.111. The first-order valence-electron chi connectivity index (χ1n) is 4.00. The molecule has 84 valence electrons. The van der Waals surface area contributed by atoms with Gasteiger partial charge in [0.05, 0.1) is 15.7 Å². The molecule has 1 N–H and O–H groups in total. The molecule has 0 unspecified atom stereocenters. The summed E-state index contributed by atoms with van der Waals surface area (Å²) >= 11 is 12.4. The minimum absolute atomic E-state index is 0.108. The number of benzene rings is 1. The van der Waals surface area contributed by atoms with Crippen LogP contribution in [0.25, 0.3) is 0 Å². The van der Waals surface area contributed by atoms with E-state index in [0.29, 0.717) is 10.9 Å². The van der Waals surface area contributed by atoms with E-state index in [0.717, 1.165) is 0 Å². The summed E-state index contributed by atoms with van der Waals surface area (Å²) in [4.78, 5) is 4.04. The Balaban J connectivity index is 3.11. The third-order valence-electron chi connectivity index (χ3n) is 1.56. The molecule has 3 nitrogen and oxygen atoms in total. The average Bonchev–Trinajstić information content (AvgIpc) is 2.25. The molecule has 0 fully saturated rings. The van der Waals surface area contributed by atoms with E-state index < -0.39 is 5.82 Å². The minimum Gasteiger partial charge on any atom is -0.271 e. The van der Waals surface area contributed by atoms with Gasteiger partial charge in [0.15, 0.2) is 17.2 Å². The van der Waals surface area contributed by atoms with Crippen LogP contribution < -0.4 is 5.32 Å². The first-order chi connectivity index (χ1) is 7.58. The molecule has 7 heteroatoms. The van der Waals surface area contributed by atoms with Crippen molar-refractivity contribution in [1.29, 1.82) is 5.26 Å². The second-order valence-corrected chi connectivity index (χ2v) is 4.19. The Hall–Kier alpha value is -0.960. The summed E-state index contributed by atoms with van der Waals surface area (Å²) in [5.74, 6) is -0.679. The van der Waals surface area contributed by atoms with Gasteiger partial charge in [-0.1, -0.05) is 35.0 Å². The standard InChI is InChI=1S/C9H6Cl2FN3S/c1-16-9(14-4-13)15-5-2-6(10)8(12)7(11)3-5/h2-3H,1H3,(H,14,15). The Morgan fingerprint density at radius 3 is 2.50 bits per heavy atom. The monoisotopic (exact) mass is 277 g/mol. The van der Waals surface area contributed by atoms with Gasteiger partial charge < -0.3 is 0 Å². The van der Waals surface area contributed by atoms with E-state index in [4.69, 9.17) is 28.5 Å². The largest absolute Gasteiger partial charge is 0.271 e. The number of nitriles is 1. The smallest absolute Gasteiger partial charge is 0.183 e. The predicted octanol–water partition coefficient (Wildman–Crippen LogP) is 3.55. The van der Waals surface area contributed by atoms with Crippen LogP contribution in [0.15, 0.2) is 17.1 Å². The van der Waals surface area contributed by atoms with Crippen molar-refractivity contribution in [3.8, 4) is 6.19 Å². The van der Waals surface area contributed by atoms with Crippen LogP contribution in [0.4, 0.5) is 10.1 Å². The van der Waals surface area contributed by atoms with E-state index in [9.17, 15) is 4.39 Å². The molecule has 0 heterocycles. The Morgan fingerprint density at radius 2 is 2.06 bits per heavy atom. The number of rotatable bonds is 1. The second kappa shape index (κ2) is 5.94. The quantitative estimate of drug-likeness (QED) is 0.281. The highest BCUT2D eigenvalue weighted by molar-refractivity contribution is 8.13. The number of thioether (sulfide) groups is 1. The maximum atomic E-state index is 13.1. The molecule has 0 radical (unpaired) electrons. The Morgan fingerprint density at radius 1 is 1.50 bits per heavy atom. The van der Waals surface area contributed by atoms with Crippen LogP contribution >= 0.6 is 35.0 Å². The van der Waals surface area contributed by atoms with Crippen molar-refractivity contribution in [2.24, 2.45) is 4.99 Å². The van der Waals surface area contributed by atoms with Gasteiger partial charge in [0.2, 0.25) is 0 Å². The van der Waals surface area contributed by atoms with Crippen molar-refractivity contribution >= 4 is 45.8 Å². The van der Waals surface area contributed by atoms with Crippen molar-refractivity contribution in [3.05, 3.63) is 28.0 Å². The van der Waals surface area contributed by atoms with Crippen LogP contribution in [0.5, 0.6) is 0 Å². The van der Waals surface area contributed by atoms with Gasteiger partial charge >= 0.3 is 0 Å². The maximum Gasteiger partial charge on any atom is 0.183 e. The molecule has 0 saturated heterocycles. The molecular weight excluding hydrogens is 272 g/mol. The van der Waals surface area contributed by atoms with Crippen molar-refractivity contribution in [3.63, 3.8) is 0 Å². The lowest BCUT2D eigenvalue weighted by Gasteiger charge is -2.02. The molecule has 1 rings (SSSR count). The molecule has 0 aliphatic carbocycles. The molecule has 0 saturated carbocycles. The average molecular weight is 278 g/mol. The third-order valence-corrected chi connectivity index (χ3v) is 2.69. The lowest BCUT2D eigenvalue weighted by atomic mass is 10.3. The van der Waals surface area contributed by atoms with Crippen LogP contribution in [0, 0.1) is 17.3 Å². The summed E-state index contributed by atoms with van der Waals surface area (Å²) in [7, 11) is 0. The molecule has 1 aromatic carbocycles. The number of halogens is 3. The summed E-state index contributed by atoms with van der Waals surface area (Å²) in [5, 5.41) is 11.0. The minimum atomic E-state index is -0.679. The molecule has 0 spiro atoms. The lowest BCUT2D eigenvalue weighted by Crippen LogP contribution is -2.12. The molecule has 0 bridgehead atoms. The van der Waals surface area contributed by atoms with Gasteiger partial charge in [-0.05, 0) is 18.4 Å². The van der Waals surface area contributed by atoms with Crippen molar-refractivity contribution in [2.45, 2.75) is 0 Å². The zero-order valence-electron chi connectivity index (χ0n) is 8.09. The van der Waals surface area contributed by atoms with Gasteiger partial charge in [-0.15, -0.1) is 0 Å². The number of nitrogens with zero attached hydrogens (tertiary/aromatic N) is 2. The third kappa shape index (κ3) is 3.27. The van der Waals surface area contributed by atoms with Crippen LogP contribution in [-0.4, -0.2) is 11.4 Å². The summed E-state index contributed by atoms with van der Waals surface area (Å²) in [5.41, 5.74) is 0.378. The summed E-state index contributed by atoms with van der Waals surface area (Å²) in [6.45, 7) is 0. The van der Waals surface area contributed by atoms with E-state index in [1.807, 2.05) is 0 Å². The molecule has 0 aromatic heterocycles. The van der Waals surface area contributed by atoms with Crippen LogP contribution in [0.1, 0.15) is 0 Å². The maximum absolute atomic E-state index is 13.1. The molecule has 16 heavy (non-hydrogen) atoms. The normalized spacial score (nSPS) is 11.1. The van der Waals surface area contributed by atoms with Gasteiger partial charge in [0, 0.05) is 0 Å². The fourth-order valence-corrected chi connectivity index (χ4v) is 1.72. The fourth-order valence-electron chi connectivity index (χ4n) is 0.896. The zero-order valence-corrected chi connectivity index (χ0v) is 10.4. The highest BCUT2D eigenvalue weighted by atomic mass is 35.5. The van der Waals surface area contributed by atoms with Crippen LogP contribution in [0.2, 0.25) is 10.0 Å². The van der Waals surface area contributed by atoms with Gasteiger partial charge in [-0.3, -0.25) is 5.32 Å². The number of amidine groups is 1. The Bertz CT molecular complexity index is 447. The van der Waals surface area contributed by atoms with E-state index in [2.05, 4.69) is 10.3 Å². The molecular formula is C9H6Cl2FN3S. The molecule has 0 aliphatic heterocycles. The van der Waals surface area contributed by atoms with E-state index in [1.165, 1.54) is 23.9 Å². The number of aliphatic imine (C=N–C) groups is 1. The summed E-state index contributed by atoms with van der Waals surface area (Å²) in [6, 6.07) is 2.66. The van der Waals surface area contributed by atoms with Gasteiger partial charge in [-0.25, -0.2) is 9.38 Å². The van der Waals surface area contributed by atoms with Crippen molar-refractivity contribution in [2.75, 3.05) is 6.26 Å². The highest BCUT2D eigenvalue weighted by Crippen LogP contribution is 2.29. The molecule has 1 aromatic rings. The first-order valence-corrected chi connectivity index (χ1v) is 5.99.